The van der Waals surface area contributed by atoms with E-state index in [1.54, 1.807) is 13.0 Å². The monoisotopic (exact) mass is 293 g/mol. The number of hydrogen-bond donors (Lipinski definition) is 3. The number of fused-ring (bicyclic) bond motifs is 2. The van der Waals surface area contributed by atoms with E-state index in [0.29, 0.717) is 5.76 Å². The summed E-state index contributed by atoms with van der Waals surface area (Å²) in [5, 5.41) is 18.6. The SMILES string of the molecule is Cc1cc(CNC(=O)NC2C3CCC(C3)C2C(=O)O)on1. The first-order valence-corrected chi connectivity index (χ1v) is 7.24. The van der Waals surface area contributed by atoms with E-state index in [2.05, 4.69) is 15.8 Å². The van der Waals surface area contributed by atoms with Gasteiger partial charge in [0.05, 0.1) is 18.2 Å². The number of rotatable bonds is 4. The molecule has 1 heterocycles. The number of amides is 2. The van der Waals surface area contributed by atoms with E-state index in [0.717, 1.165) is 25.0 Å². The van der Waals surface area contributed by atoms with Crippen molar-refractivity contribution in [2.75, 3.05) is 0 Å². The van der Waals surface area contributed by atoms with E-state index in [1.807, 2.05) is 0 Å². The first kappa shape index (κ1) is 13.9. The molecule has 0 aromatic carbocycles. The summed E-state index contributed by atoms with van der Waals surface area (Å²) in [6.45, 7) is 2.05. The van der Waals surface area contributed by atoms with Gasteiger partial charge in [0.2, 0.25) is 0 Å². The summed E-state index contributed by atoms with van der Waals surface area (Å²) < 4.78 is 5.01. The van der Waals surface area contributed by atoms with Crippen molar-refractivity contribution in [3.63, 3.8) is 0 Å². The molecule has 4 atom stereocenters. The maximum atomic E-state index is 11.9. The quantitative estimate of drug-likeness (QED) is 0.775. The lowest BCUT2D eigenvalue weighted by molar-refractivity contribution is -0.144. The first-order chi connectivity index (χ1) is 10.0. The van der Waals surface area contributed by atoms with Crippen LogP contribution in [0.3, 0.4) is 0 Å². The van der Waals surface area contributed by atoms with Crippen LogP contribution in [0.1, 0.15) is 30.7 Å². The summed E-state index contributed by atoms with van der Waals surface area (Å²) in [5.74, 6) is -0.199. The molecule has 2 aliphatic rings. The molecule has 0 aliphatic heterocycles. The third-order valence-corrected chi connectivity index (χ3v) is 4.60. The second kappa shape index (κ2) is 5.38. The fraction of sp³-hybridized carbons (Fsp3) is 0.643. The van der Waals surface area contributed by atoms with Crippen LogP contribution in [0.2, 0.25) is 0 Å². The zero-order valence-corrected chi connectivity index (χ0v) is 11.8. The molecule has 2 amide bonds. The van der Waals surface area contributed by atoms with E-state index < -0.39 is 11.9 Å². The number of nitrogens with zero attached hydrogens (tertiary/aromatic N) is 1. The molecule has 0 saturated heterocycles. The summed E-state index contributed by atoms with van der Waals surface area (Å²) in [6, 6.07) is 1.13. The number of carboxylic acid groups (broad SMARTS) is 1. The Morgan fingerprint density at radius 2 is 2.19 bits per heavy atom. The molecule has 2 fully saturated rings. The van der Waals surface area contributed by atoms with Crippen molar-refractivity contribution in [3.8, 4) is 0 Å². The van der Waals surface area contributed by atoms with E-state index in [1.165, 1.54) is 0 Å². The molecule has 0 spiro atoms. The van der Waals surface area contributed by atoms with Crippen molar-refractivity contribution in [3.05, 3.63) is 17.5 Å². The molecular formula is C14H19N3O4. The van der Waals surface area contributed by atoms with Gasteiger partial charge in [-0.25, -0.2) is 4.79 Å². The van der Waals surface area contributed by atoms with Gasteiger partial charge in [-0.2, -0.15) is 0 Å². The molecule has 7 heteroatoms. The fourth-order valence-electron chi connectivity index (χ4n) is 3.72. The summed E-state index contributed by atoms with van der Waals surface area (Å²) in [5.41, 5.74) is 0.756. The average Bonchev–Trinajstić information content (AvgIpc) is 3.11. The Bertz CT molecular complexity index is 556. The van der Waals surface area contributed by atoms with E-state index >= 15 is 0 Å². The number of urea groups is 1. The van der Waals surface area contributed by atoms with Crippen molar-refractivity contribution >= 4 is 12.0 Å². The van der Waals surface area contributed by atoms with Crippen molar-refractivity contribution in [1.29, 1.82) is 0 Å². The summed E-state index contributed by atoms with van der Waals surface area (Å²) in [4.78, 5) is 23.3. The highest BCUT2D eigenvalue weighted by Gasteiger charge is 2.51. The average molecular weight is 293 g/mol. The molecule has 1 aromatic heterocycles. The van der Waals surface area contributed by atoms with Crippen LogP contribution in [0.4, 0.5) is 4.79 Å². The molecule has 0 radical (unpaired) electrons. The molecule has 1 aromatic rings. The van der Waals surface area contributed by atoms with Crippen LogP contribution in [-0.4, -0.2) is 28.3 Å². The maximum Gasteiger partial charge on any atom is 0.315 e. The molecular weight excluding hydrogens is 274 g/mol. The zero-order chi connectivity index (χ0) is 15.0. The van der Waals surface area contributed by atoms with Gasteiger partial charge < -0.3 is 20.3 Å². The minimum Gasteiger partial charge on any atom is -0.481 e. The molecule has 4 unspecified atom stereocenters. The lowest BCUT2D eigenvalue weighted by atomic mass is 9.84. The van der Waals surface area contributed by atoms with Gasteiger partial charge in [0.25, 0.3) is 0 Å². The van der Waals surface area contributed by atoms with Crippen molar-refractivity contribution in [2.24, 2.45) is 17.8 Å². The molecule has 2 aliphatic carbocycles. The lowest BCUT2D eigenvalue weighted by Crippen LogP contribution is -2.50. The Balaban J connectivity index is 1.55. The molecule has 21 heavy (non-hydrogen) atoms. The smallest absolute Gasteiger partial charge is 0.315 e. The van der Waals surface area contributed by atoms with Crippen LogP contribution < -0.4 is 10.6 Å². The van der Waals surface area contributed by atoms with Gasteiger partial charge >= 0.3 is 12.0 Å². The van der Waals surface area contributed by atoms with Crippen LogP contribution in [0.15, 0.2) is 10.6 Å². The van der Waals surface area contributed by atoms with Crippen LogP contribution in [0.5, 0.6) is 0 Å². The number of carboxylic acids is 1. The summed E-state index contributed by atoms with van der Waals surface area (Å²) in [7, 11) is 0. The van der Waals surface area contributed by atoms with Crippen molar-refractivity contribution in [2.45, 2.75) is 38.8 Å². The Morgan fingerprint density at radius 1 is 1.43 bits per heavy atom. The zero-order valence-electron chi connectivity index (χ0n) is 11.8. The Morgan fingerprint density at radius 3 is 2.86 bits per heavy atom. The van der Waals surface area contributed by atoms with Gasteiger partial charge in [-0.15, -0.1) is 0 Å². The van der Waals surface area contributed by atoms with Crippen LogP contribution in [-0.2, 0) is 11.3 Å². The topological polar surface area (TPSA) is 104 Å². The second-order valence-corrected chi connectivity index (χ2v) is 5.98. The Kier molecular flexibility index (Phi) is 3.57. The van der Waals surface area contributed by atoms with Crippen molar-refractivity contribution in [1.82, 2.24) is 15.8 Å². The largest absolute Gasteiger partial charge is 0.481 e. The minimum atomic E-state index is -0.807. The standard InChI is InChI=1S/C14H19N3O4/c1-7-4-10(21-17-7)6-15-14(20)16-12-9-3-2-8(5-9)11(12)13(18)19/h4,8-9,11-12H,2-3,5-6H2,1H3,(H,18,19)(H2,15,16,20). The van der Waals surface area contributed by atoms with E-state index in [9.17, 15) is 14.7 Å². The molecule has 7 nitrogen and oxygen atoms in total. The highest BCUT2D eigenvalue weighted by molar-refractivity contribution is 5.77. The third-order valence-electron chi connectivity index (χ3n) is 4.60. The van der Waals surface area contributed by atoms with Gasteiger partial charge in [-0.3, -0.25) is 4.79 Å². The number of carbonyl (C=O) groups is 2. The van der Waals surface area contributed by atoms with Gasteiger partial charge in [-0.05, 0) is 38.0 Å². The predicted octanol–water partition coefficient (Wildman–Crippen LogP) is 1.28. The molecule has 3 N–H and O–H groups in total. The Hall–Kier alpha value is -2.05. The molecule has 2 bridgehead atoms. The van der Waals surface area contributed by atoms with Crippen LogP contribution in [0, 0.1) is 24.7 Å². The maximum absolute atomic E-state index is 11.9. The number of aromatic nitrogens is 1. The summed E-state index contributed by atoms with van der Waals surface area (Å²) in [6.07, 6.45) is 2.86. The number of carbonyl (C=O) groups excluding carboxylic acids is 1. The normalized spacial score (nSPS) is 30.3. The highest BCUT2D eigenvalue weighted by atomic mass is 16.5. The predicted molar refractivity (Wildman–Crippen MR) is 72.4 cm³/mol. The highest BCUT2D eigenvalue weighted by Crippen LogP contribution is 2.48. The van der Waals surface area contributed by atoms with Gasteiger partial charge in [0.15, 0.2) is 5.76 Å². The lowest BCUT2D eigenvalue weighted by Gasteiger charge is -2.28. The van der Waals surface area contributed by atoms with Gasteiger partial charge in [0, 0.05) is 12.1 Å². The molecule has 2 saturated carbocycles. The minimum absolute atomic E-state index is 0.203. The van der Waals surface area contributed by atoms with Gasteiger partial charge in [-0.1, -0.05) is 5.16 Å². The van der Waals surface area contributed by atoms with Crippen LogP contribution in [0.25, 0.3) is 0 Å². The van der Waals surface area contributed by atoms with E-state index in [-0.39, 0.29) is 30.5 Å². The Labute approximate surface area is 122 Å². The number of aryl methyl sites for hydroxylation is 1. The first-order valence-electron chi connectivity index (χ1n) is 7.24. The summed E-state index contributed by atoms with van der Waals surface area (Å²) >= 11 is 0. The molecule has 3 rings (SSSR count). The van der Waals surface area contributed by atoms with E-state index in [4.69, 9.17) is 4.52 Å². The van der Waals surface area contributed by atoms with Gasteiger partial charge in [0.1, 0.15) is 0 Å². The fourth-order valence-corrected chi connectivity index (χ4v) is 3.72. The number of hydrogen-bond acceptors (Lipinski definition) is 4. The van der Waals surface area contributed by atoms with Crippen LogP contribution >= 0.6 is 0 Å². The van der Waals surface area contributed by atoms with Crippen molar-refractivity contribution < 1.29 is 19.2 Å². The number of nitrogens with one attached hydrogen (secondary N) is 2. The molecule has 114 valence electrons. The number of aliphatic carboxylic acids is 1. The second-order valence-electron chi connectivity index (χ2n) is 5.98. The third kappa shape index (κ3) is 2.72.